The predicted octanol–water partition coefficient (Wildman–Crippen LogP) is 6.23. The number of allylic oxidation sites excluding steroid dienone is 1. The standard InChI is InChI=1S/C23H18ClF4NO3/c1-20(2)13-21(20,12-18(24)23(26,27)28)19(30)32-22(14-29,15-6-4-3-5-7-15)31-17-10-8-16(25)9-11-17/h3-12H,13H2,1-2H3/b18-12-/t21?,22-/m1/s1. The fourth-order valence-electron chi connectivity index (χ4n) is 3.40. The highest BCUT2D eigenvalue weighted by molar-refractivity contribution is 6.30. The molecular weight excluding hydrogens is 450 g/mol. The number of carbonyl (C=O) groups excluding carboxylic acids is 1. The molecule has 0 aromatic heterocycles. The van der Waals surface area contributed by atoms with Gasteiger partial charge in [-0.25, -0.2) is 4.39 Å². The SMILES string of the molecule is CC1(C)CC1(/C=C(\Cl)C(F)(F)F)C(=O)O[C@@](C#N)(Oc1ccc(F)cc1)c1ccccc1. The Morgan fingerprint density at radius 3 is 2.16 bits per heavy atom. The van der Waals surface area contributed by atoms with Crippen molar-refractivity contribution in [2.75, 3.05) is 0 Å². The topological polar surface area (TPSA) is 59.3 Å². The molecule has 0 heterocycles. The van der Waals surface area contributed by atoms with Gasteiger partial charge < -0.3 is 9.47 Å². The Labute approximate surface area is 187 Å². The van der Waals surface area contributed by atoms with Gasteiger partial charge in [0, 0.05) is 0 Å². The van der Waals surface area contributed by atoms with E-state index in [2.05, 4.69) is 0 Å². The summed E-state index contributed by atoms with van der Waals surface area (Å²) < 4.78 is 63.6. The Balaban J connectivity index is 2.03. The van der Waals surface area contributed by atoms with Gasteiger partial charge in [0.15, 0.2) is 6.07 Å². The normalized spacial score (nSPS) is 21.8. The fourth-order valence-corrected chi connectivity index (χ4v) is 3.59. The molecule has 3 rings (SSSR count). The fraction of sp³-hybridized carbons (Fsp3) is 0.304. The molecule has 2 aromatic rings. The summed E-state index contributed by atoms with van der Waals surface area (Å²) in [5.74, 6) is -3.97. The molecule has 0 N–H and O–H groups in total. The summed E-state index contributed by atoms with van der Waals surface area (Å²) in [4.78, 5) is 13.2. The van der Waals surface area contributed by atoms with Crippen LogP contribution in [0.4, 0.5) is 17.6 Å². The summed E-state index contributed by atoms with van der Waals surface area (Å²) in [6.45, 7) is 3.17. The van der Waals surface area contributed by atoms with Gasteiger partial charge in [-0.1, -0.05) is 55.8 Å². The molecule has 1 aliphatic carbocycles. The zero-order valence-corrected chi connectivity index (χ0v) is 17.8. The second kappa shape index (κ2) is 8.14. The highest BCUT2D eigenvalue weighted by Gasteiger charge is 2.68. The lowest BCUT2D eigenvalue weighted by atomic mass is 9.94. The first kappa shape index (κ1) is 23.6. The number of ether oxygens (including phenoxy) is 2. The molecule has 1 saturated carbocycles. The average Bonchev–Trinajstić information content (AvgIpc) is 3.30. The highest BCUT2D eigenvalue weighted by atomic mass is 35.5. The van der Waals surface area contributed by atoms with Gasteiger partial charge in [-0.3, -0.25) is 4.79 Å². The van der Waals surface area contributed by atoms with E-state index in [9.17, 15) is 27.6 Å². The maximum absolute atomic E-state index is 13.3. The zero-order chi connectivity index (χ0) is 23.8. The number of benzene rings is 2. The van der Waals surface area contributed by atoms with Crippen LogP contribution in [0.25, 0.3) is 0 Å². The first-order valence-corrected chi connectivity index (χ1v) is 9.83. The quantitative estimate of drug-likeness (QED) is 0.287. The van der Waals surface area contributed by atoms with Gasteiger partial charge in [0.05, 0.1) is 11.0 Å². The van der Waals surface area contributed by atoms with Crippen LogP contribution in [0.15, 0.2) is 65.7 Å². The molecule has 0 spiro atoms. The summed E-state index contributed by atoms with van der Waals surface area (Å²) in [5.41, 5.74) is -2.48. The number of carbonyl (C=O) groups is 1. The van der Waals surface area contributed by atoms with Crippen LogP contribution in [0.1, 0.15) is 25.8 Å². The Kier molecular flexibility index (Phi) is 6.00. The molecule has 168 valence electrons. The molecule has 0 saturated heterocycles. The summed E-state index contributed by atoms with van der Waals surface area (Å²) in [6.07, 6.45) is -4.19. The van der Waals surface area contributed by atoms with Crippen LogP contribution >= 0.6 is 11.6 Å². The van der Waals surface area contributed by atoms with Crippen LogP contribution in [0.3, 0.4) is 0 Å². The van der Waals surface area contributed by atoms with Crippen LogP contribution in [-0.2, 0) is 15.3 Å². The van der Waals surface area contributed by atoms with E-state index in [0.717, 1.165) is 12.1 Å². The monoisotopic (exact) mass is 467 g/mol. The lowest BCUT2D eigenvalue weighted by Gasteiger charge is -2.30. The van der Waals surface area contributed by atoms with Crippen molar-refractivity contribution in [1.29, 1.82) is 5.26 Å². The molecule has 32 heavy (non-hydrogen) atoms. The van der Waals surface area contributed by atoms with Gasteiger partial charge in [-0.05, 0) is 42.2 Å². The minimum Gasteiger partial charge on any atom is -0.437 e. The Hall–Kier alpha value is -3.05. The molecule has 4 nitrogen and oxygen atoms in total. The third-order valence-corrected chi connectivity index (χ3v) is 5.75. The first-order valence-electron chi connectivity index (χ1n) is 9.46. The highest BCUT2D eigenvalue weighted by Crippen LogP contribution is 2.66. The number of alkyl halides is 3. The molecule has 1 aliphatic rings. The second-order valence-corrected chi connectivity index (χ2v) is 8.47. The minimum atomic E-state index is -4.84. The van der Waals surface area contributed by atoms with Crippen LogP contribution in [0.2, 0.25) is 0 Å². The van der Waals surface area contributed by atoms with E-state index in [4.69, 9.17) is 21.1 Å². The number of halogens is 5. The predicted molar refractivity (Wildman–Crippen MR) is 108 cm³/mol. The smallest absolute Gasteiger partial charge is 0.426 e. The summed E-state index contributed by atoms with van der Waals surface area (Å²) in [6, 6.07) is 14.2. The van der Waals surface area contributed by atoms with Crippen molar-refractivity contribution in [3.05, 3.63) is 77.1 Å². The van der Waals surface area contributed by atoms with Gasteiger partial charge >= 0.3 is 17.9 Å². The third kappa shape index (κ3) is 4.44. The van der Waals surface area contributed by atoms with Crippen molar-refractivity contribution in [2.45, 2.75) is 32.2 Å². The molecule has 0 aliphatic heterocycles. The lowest BCUT2D eigenvalue weighted by molar-refractivity contribution is -0.189. The van der Waals surface area contributed by atoms with E-state index in [-0.39, 0.29) is 17.7 Å². The van der Waals surface area contributed by atoms with Crippen LogP contribution in [0.5, 0.6) is 5.75 Å². The van der Waals surface area contributed by atoms with Crippen molar-refractivity contribution in [3.8, 4) is 11.8 Å². The van der Waals surface area contributed by atoms with Gasteiger partial charge in [0.2, 0.25) is 0 Å². The van der Waals surface area contributed by atoms with Gasteiger partial charge in [-0.15, -0.1) is 0 Å². The minimum absolute atomic E-state index is 0.0116. The third-order valence-electron chi connectivity index (χ3n) is 5.42. The maximum Gasteiger partial charge on any atom is 0.426 e. The van der Waals surface area contributed by atoms with Crippen molar-refractivity contribution in [2.24, 2.45) is 10.8 Å². The van der Waals surface area contributed by atoms with E-state index in [1.165, 1.54) is 24.3 Å². The molecular formula is C23H18ClF4NO3. The number of hydrogen-bond donors (Lipinski definition) is 0. The van der Waals surface area contributed by atoms with Gasteiger partial charge in [-0.2, -0.15) is 18.4 Å². The number of rotatable bonds is 6. The number of esters is 1. The average molecular weight is 468 g/mol. The van der Waals surface area contributed by atoms with Gasteiger partial charge in [0.1, 0.15) is 16.6 Å². The largest absolute Gasteiger partial charge is 0.437 e. The van der Waals surface area contributed by atoms with E-state index in [1.54, 1.807) is 38.1 Å². The van der Waals surface area contributed by atoms with Crippen molar-refractivity contribution in [3.63, 3.8) is 0 Å². The Bertz CT molecular complexity index is 1080. The number of nitriles is 1. The van der Waals surface area contributed by atoms with Crippen molar-refractivity contribution < 1.29 is 31.8 Å². The van der Waals surface area contributed by atoms with Crippen molar-refractivity contribution in [1.82, 2.24) is 0 Å². The molecule has 9 heteroatoms. The van der Waals surface area contributed by atoms with Crippen LogP contribution in [0, 0.1) is 28.0 Å². The van der Waals surface area contributed by atoms with Crippen molar-refractivity contribution >= 4 is 17.6 Å². The second-order valence-electron chi connectivity index (χ2n) is 8.06. The summed E-state index contributed by atoms with van der Waals surface area (Å²) >= 11 is 5.42. The van der Waals surface area contributed by atoms with E-state index >= 15 is 0 Å². The molecule has 2 aromatic carbocycles. The number of nitrogens with zero attached hydrogens (tertiary/aromatic N) is 1. The molecule has 0 radical (unpaired) electrons. The Morgan fingerprint density at radius 1 is 1.12 bits per heavy atom. The van der Waals surface area contributed by atoms with Crippen LogP contribution in [-0.4, -0.2) is 12.1 Å². The summed E-state index contributed by atoms with van der Waals surface area (Å²) in [7, 11) is 0. The lowest BCUT2D eigenvalue weighted by Crippen LogP contribution is -2.40. The molecule has 2 atom stereocenters. The Morgan fingerprint density at radius 2 is 1.69 bits per heavy atom. The van der Waals surface area contributed by atoms with Gasteiger partial charge in [0.25, 0.3) is 0 Å². The zero-order valence-electron chi connectivity index (χ0n) is 17.0. The van der Waals surface area contributed by atoms with E-state index in [0.29, 0.717) is 6.08 Å². The molecule has 0 amide bonds. The summed E-state index contributed by atoms with van der Waals surface area (Å²) in [5, 5.41) is 8.52. The van der Waals surface area contributed by atoms with E-state index < -0.39 is 39.6 Å². The molecule has 1 unspecified atom stereocenters. The number of hydrogen-bond acceptors (Lipinski definition) is 4. The molecule has 1 fully saturated rings. The maximum atomic E-state index is 13.3. The molecule has 0 bridgehead atoms. The van der Waals surface area contributed by atoms with E-state index in [1.807, 2.05) is 0 Å². The van der Waals surface area contributed by atoms with Crippen LogP contribution < -0.4 is 4.74 Å². The first-order chi connectivity index (χ1) is 14.9.